The van der Waals surface area contributed by atoms with Gasteiger partial charge >= 0.3 is 11.9 Å². The number of esters is 2. The van der Waals surface area contributed by atoms with Crippen molar-refractivity contribution in [2.24, 2.45) is 5.92 Å². The number of methoxy groups -OCH3 is 1. The van der Waals surface area contributed by atoms with Crippen LogP contribution in [0, 0.1) is 5.92 Å². The maximum absolute atomic E-state index is 12.2. The summed E-state index contributed by atoms with van der Waals surface area (Å²) in [6.45, 7) is 3.14. The first-order chi connectivity index (χ1) is 12.5. The molecule has 1 aromatic rings. The summed E-state index contributed by atoms with van der Waals surface area (Å²) in [5.41, 5.74) is 0.0000709. The zero-order valence-electron chi connectivity index (χ0n) is 15.6. The van der Waals surface area contributed by atoms with Crippen LogP contribution in [-0.2, 0) is 29.1 Å². The molecule has 0 aliphatic heterocycles. The van der Waals surface area contributed by atoms with E-state index in [1.165, 1.54) is 25.3 Å². The summed E-state index contributed by atoms with van der Waals surface area (Å²) in [6.07, 6.45) is 1.32. The molecule has 0 bridgehead atoms. The number of hydrogen-bond donors (Lipinski definition) is 2. The third-order valence-corrected chi connectivity index (χ3v) is 3.90. The molecule has 0 fully saturated rings. The highest BCUT2D eigenvalue weighted by Gasteiger charge is 2.23. The molecule has 1 amide bonds. The van der Waals surface area contributed by atoms with E-state index in [2.05, 4.69) is 14.8 Å². The molecule has 0 saturated carbocycles. The monoisotopic (exact) mass is 400 g/mol. The molecule has 27 heavy (non-hydrogen) atoms. The Labute approximate surface area is 158 Å². The number of carbonyl (C=O) groups excluding carboxylic acids is 3. The van der Waals surface area contributed by atoms with Crippen molar-refractivity contribution in [3.05, 3.63) is 29.8 Å². The third-order valence-electron chi connectivity index (χ3n) is 3.30. The molecule has 10 heteroatoms. The summed E-state index contributed by atoms with van der Waals surface area (Å²) in [5, 5.41) is 2.46. The molecule has 0 saturated heterocycles. The Bertz CT molecular complexity index is 790. The van der Waals surface area contributed by atoms with E-state index in [0.717, 1.165) is 6.26 Å². The van der Waals surface area contributed by atoms with E-state index in [1.54, 1.807) is 6.07 Å². The standard InChI is InChI=1S/C17H24N2O7S/c1-11(2)9-14(17(22)25-3)18-15(20)10-26-16(21)12-7-5-6-8-13(12)19-27(4,23)24/h5-8,11,14,19H,9-10H2,1-4H3,(H,18,20)/t14-/m1/s1. The van der Waals surface area contributed by atoms with Crippen molar-refractivity contribution in [3.63, 3.8) is 0 Å². The molecule has 9 nitrogen and oxygen atoms in total. The first-order valence-corrected chi connectivity index (χ1v) is 10.0. The van der Waals surface area contributed by atoms with E-state index in [-0.39, 0.29) is 17.2 Å². The second kappa shape index (κ2) is 9.91. The second-order valence-electron chi connectivity index (χ2n) is 6.27. The fraction of sp³-hybridized carbons (Fsp3) is 0.471. The van der Waals surface area contributed by atoms with Gasteiger partial charge in [0, 0.05) is 0 Å². The highest BCUT2D eigenvalue weighted by molar-refractivity contribution is 7.92. The quantitative estimate of drug-likeness (QED) is 0.590. The summed E-state index contributed by atoms with van der Waals surface area (Å²) in [5.74, 6) is -2.01. The molecule has 1 atom stereocenters. The van der Waals surface area contributed by atoms with Gasteiger partial charge in [0.15, 0.2) is 6.61 Å². The molecule has 2 N–H and O–H groups in total. The average molecular weight is 400 g/mol. The number of para-hydroxylation sites is 1. The predicted octanol–water partition coefficient (Wildman–Crippen LogP) is 0.919. The van der Waals surface area contributed by atoms with Crippen LogP contribution < -0.4 is 10.0 Å². The number of amides is 1. The summed E-state index contributed by atoms with van der Waals surface area (Å²) >= 11 is 0. The maximum Gasteiger partial charge on any atom is 0.340 e. The number of anilines is 1. The minimum atomic E-state index is -3.59. The average Bonchev–Trinajstić information content (AvgIpc) is 2.57. The van der Waals surface area contributed by atoms with E-state index in [1.807, 2.05) is 13.8 Å². The van der Waals surface area contributed by atoms with E-state index in [9.17, 15) is 22.8 Å². The van der Waals surface area contributed by atoms with Crippen LogP contribution in [0.4, 0.5) is 5.69 Å². The first kappa shape index (κ1) is 22.4. The van der Waals surface area contributed by atoms with Gasteiger partial charge in [0.1, 0.15) is 6.04 Å². The topological polar surface area (TPSA) is 128 Å². The van der Waals surface area contributed by atoms with Crippen molar-refractivity contribution in [2.45, 2.75) is 26.3 Å². The fourth-order valence-electron chi connectivity index (χ4n) is 2.22. The van der Waals surface area contributed by atoms with Crippen LogP contribution in [0.3, 0.4) is 0 Å². The van der Waals surface area contributed by atoms with Crippen LogP contribution in [0.5, 0.6) is 0 Å². The molecule has 0 heterocycles. The molecule has 0 aromatic heterocycles. The van der Waals surface area contributed by atoms with Gasteiger partial charge in [-0.15, -0.1) is 0 Å². The summed E-state index contributed by atoms with van der Waals surface area (Å²) in [4.78, 5) is 35.9. The van der Waals surface area contributed by atoms with E-state index < -0.39 is 40.5 Å². The fourth-order valence-corrected chi connectivity index (χ4v) is 2.80. The molecule has 0 aliphatic carbocycles. The van der Waals surface area contributed by atoms with Gasteiger partial charge in [-0.2, -0.15) is 0 Å². The van der Waals surface area contributed by atoms with Crippen molar-refractivity contribution >= 4 is 33.6 Å². The largest absolute Gasteiger partial charge is 0.467 e. The van der Waals surface area contributed by atoms with Gasteiger partial charge in [-0.3, -0.25) is 9.52 Å². The number of carbonyl (C=O) groups is 3. The highest BCUT2D eigenvalue weighted by atomic mass is 32.2. The van der Waals surface area contributed by atoms with Crippen LogP contribution in [-0.4, -0.2) is 52.3 Å². The Morgan fingerprint density at radius 2 is 1.78 bits per heavy atom. The van der Waals surface area contributed by atoms with Gasteiger partial charge < -0.3 is 14.8 Å². The minimum Gasteiger partial charge on any atom is -0.467 e. The maximum atomic E-state index is 12.2. The Hall–Kier alpha value is -2.62. The number of rotatable bonds is 9. The zero-order valence-corrected chi connectivity index (χ0v) is 16.5. The van der Waals surface area contributed by atoms with E-state index in [4.69, 9.17) is 4.74 Å². The summed E-state index contributed by atoms with van der Waals surface area (Å²) < 4.78 is 34.5. The number of benzene rings is 1. The van der Waals surface area contributed by atoms with Gasteiger partial charge in [0.25, 0.3) is 5.91 Å². The van der Waals surface area contributed by atoms with Gasteiger partial charge in [-0.1, -0.05) is 26.0 Å². The molecule has 0 radical (unpaired) electrons. The highest BCUT2D eigenvalue weighted by Crippen LogP contribution is 2.17. The van der Waals surface area contributed by atoms with Crippen LogP contribution >= 0.6 is 0 Å². The van der Waals surface area contributed by atoms with Crippen molar-refractivity contribution in [2.75, 3.05) is 24.7 Å². The normalized spacial score (nSPS) is 12.2. The molecular weight excluding hydrogens is 376 g/mol. The van der Waals surface area contributed by atoms with Crippen LogP contribution in [0.15, 0.2) is 24.3 Å². The molecule has 150 valence electrons. The minimum absolute atomic E-state index is 0.0394. The Morgan fingerprint density at radius 1 is 1.15 bits per heavy atom. The number of ether oxygens (including phenoxy) is 2. The van der Waals surface area contributed by atoms with Gasteiger partial charge in [-0.25, -0.2) is 18.0 Å². The van der Waals surface area contributed by atoms with E-state index >= 15 is 0 Å². The number of nitrogens with one attached hydrogen (secondary N) is 2. The third kappa shape index (κ3) is 8.07. The summed E-state index contributed by atoms with van der Waals surface area (Å²) in [6, 6.07) is 4.99. The molecule has 0 unspecified atom stereocenters. The molecular formula is C17H24N2O7S. The lowest BCUT2D eigenvalue weighted by Gasteiger charge is -2.18. The van der Waals surface area contributed by atoms with Crippen molar-refractivity contribution in [1.29, 1.82) is 0 Å². The number of sulfonamides is 1. The molecule has 0 aliphatic rings. The smallest absolute Gasteiger partial charge is 0.340 e. The SMILES string of the molecule is COC(=O)[C@@H](CC(C)C)NC(=O)COC(=O)c1ccccc1NS(C)(=O)=O. The predicted molar refractivity (Wildman–Crippen MR) is 98.6 cm³/mol. The van der Waals surface area contributed by atoms with Crippen molar-refractivity contribution in [1.82, 2.24) is 5.32 Å². The van der Waals surface area contributed by atoms with Crippen LogP contribution in [0.1, 0.15) is 30.6 Å². The van der Waals surface area contributed by atoms with Crippen LogP contribution in [0.2, 0.25) is 0 Å². The lowest BCUT2D eigenvalue weighted by molar-refractivity contribution is -0.145. The Balaban J connectivity index is 2.74. The van der Waals surface area contributed by atoms with Crippen molar-refractivity contribution in [3.8, 4) is 0 Å². The van der Waals surface area contributed by atoms with E-state index in [0.29, 0.717) is 6.42 Å². The van der Waals surface area contributed by atoms with Crippen LogP contribution in [0.25, 0.3) is 0 Å². The van der Waals surface area contributed by atoms with Gasteiger partial charge in [0.05, 0.1) is 24.6 Å². The molecule has 0 spiro atoms. The summed E-state index contributed by atoms with van der Waals surface area (Å²) in [7, 11) is -2.38. The Morgan fingerprint density at radius 3 is 2.33 bits per heavy atom. The van der Waals surface area contributed by atoms with Gasteiger partial charge in [0.2, 0.25) is 10.0 Å². The Kier molecular flexibility index (Phi) is 8.23. The van der Waals surface area contributed by atoms with Gasteiger partial charge in [-0.05, 0) is 24.5 Å². The molecule has 1 aromatic carbocycles. The van der Waals surface area contributed by atoms with Crippen molar-refractivity contribution < 1.29 is 32.3 Å². The lowest BCUT2D eigenvalue weighted by atomic mass is 10.0. The second-order valence-corrected chi connectivity index (χ2v) is 8.02. The zero-order chi connectivity index (χ0) is 20.6. The first-order valence-electron chi connectivity index (χ1n) is 8.14. The number of hydrogen-bond acceptors (Lipinski definition) is 7. The molecule has 1 rings (SSSR count). The lowest BCUT2D eigenvalue weighted by Crippen LogP contribution is -2.44.